The highest BCUT2D eigenvalue weighted by molar-refractivity contribution is 9.10. The van der Waals surface area contributed by atoms with E-state index < -0.39 is 0 Å². The normalized spacial score (nSPS) is 11.2. The number of aromatic nitrogens is 4. The molecular weight excluding hydrogens is 1140 g/mol. The van der Waals surface area contributed by atoms with Crippen molar-refractivity contribution in [3.05, 3.63) is 320 Å². The second kappa shape index (κ2) is 23.8. The largest absolute Gasteiger partial charge is 0.353 e. The van der Waals surface area contributed by atoms with Crippen molar-refractivity contribution in [2.45, 2.75) is 0 Å². The molecule has 0 amide bonds. The van der Waals surface area contributed by atoms with Crippen molar-refractivity contribution in [3.8, 4) is 0 Å². The minimum atomic E-state index is -0.277. The first-order valence-corrected chi connectivity index (χ1v) is 29.2. The molecule has 11 heteroatoms. The summed E-state index contributed by atoms with van der Waals surface area (Å²) in [6, 6.07) is 91.9. The number of rotatable bonds is 11. The zero-order valence-corrected chi connectivity index (χ0v) is 48.2. The van der Waals surface area contributed by atoms with Crippen LogP contribution in [0, 0.1) is 11.6 Å². The van der Waals surface area contributed by atoms with Crippen LogP contribution in [0.25, 0.3) is 64.6 Å². The van der Waals surface area contributed by atoms with Crippen LogP contribution in [0.1, 0.15) is 0 Å². The summed E-state index contributed by atoms with van der Waals surface area (Å²) in [6.45, 7) is 0. The number of hydrogen-bond donors (Lipinski definition) is 1. The molecule has 2 heterocycles. The van der Waals surface area contributed by atoms with E-state index in [9.17, 15) is 4.39 Å². The number of nitrogens with one attached hydrogen (secondary N) is 1. The molecule has 0 radical (unpaired) electrons. The molecule has 8 nitrogen and oxygen atoms in total. The molecule has 0 unspecified atom stereocenters. The van der Waals surface area contributed by atoms with Crippen molar-refractivity contribution in [2.75, 3.05) is 20.0 Å². The molecule has 0 spiro atoms. The molecule has 0 saturated heterocycles. The SMILES string of the molecule is Brc1ccc2ccc3c(N(c4ccccc4)c4ncccn4)ccc4ccc1c2c43.Fc1ccccc1N(c1ccccc1)c1ccc2ccc3c(N(c4ccccc4)c4ncccn4)ccc4ccc1c2c43.Fc1ccccc1Nc1ccccc1. The standard InChI is InChI=1S/C38H25FN4.C26H16BrN3.C12H10FN/c39-32-14-7-8-15-35(32)42(28-10-3-1-4-11-28)33-22-18-26-17-21-31-34(23-19-27-16-20-30(33)36(26)37(27)31)43(29-12-5-2-6-13-29)38-40-24-9-25-41-38;27-22-13-9-17-8-12-21-23(14-10-18-7-11-20(22)24(17)25(18)21)30(19-5-2-1-3-6-19)26-28-15-4-16-29-26;13-11-8-4-5-9-12(11)14-10-6-2-1-3-7-10/h1-25H;1-16H;1-9,14H. The fourth-order valence-corrected chi connectivity index (χ4v) is 12.1. The van der Waals surface area contributed by atoms with Gasteiger partial charge in [-0.15, -0.1) is 0 Å². The average molecular weight is 1190 g/mol. The molecule has 2 aromatic heterocycles. The topological polar surface area (TPSA) is 73.3 Å². The van der Waals surface area contributed by atoms with Gasteiger partial charge in [0.2, 0.25) is 11.9 Å². The van der Waals surface area contributed by atoms with Crippen molar-refractivity contribution >= 4 is 144 Å². The third kappa shape index (κ3) is 10.5. The van der Waals surface area contributed by atoms with Gasteiger partial charge in [0, 0.05) is 68.2 Å². The minimum Gasteiger partial charge on any atom is -0.353 e. The maximum absolute atomic E-state index is 15.4. The first kappa shape index (κ1) is 53.8. The molecule has 416 valence electrons. The van der Waals surface area contributed by atoms with E-state index in [4.69, 9.17) is 0 Å². The first-order chi connectivity index (χ1) is 42.9. The lowest BCUT2D eigenvalue weighted by Crippen LogP contribution is -2.13. The Balaban J connectivity index is 0.000000130. The molecule has 16 rings (SSSR count). The van der Waals surface area contributed by atoms with Gasteiger partial charge in [-0.25, -0.2) is 28.7 Å². The van der Waals surface area contributed by atoms with Gasteiger partial charge in [0.15, 0.2) is 0 Å². The Kier molecular flexibility index (Phi) is 14.8. The zero-order valence-electron chi connectivity index (χ0n) is 46.6. The van der Waals surface area contributed by atoms with Crippen LogP contribution in [0.4, 0.5) is 71.9 Å². The Bertz CT molecular complexity index is 4930. The number of para-hydroxylation sites is 6. The van der Waals surface area contributed by atoms with Crippen LogP contribution in [0.2, 0.25) is 0 Å². The summed E-state index contributed by atoms with van der Waals surface area (Å²) in [5, 5.41) is 17.1. The van der Waals surface area contributed by atoms with Crippen LogP contribution >= 0.6 is 15.9 Å². The summed E-state index contributed by atoms with van der Waals surface area (Å²) >= 11 is 3.73. The van der Waals surface area contributed by atoms with E-state index in [1.165, 1.54) is 44.5 Å². The minimum absolute atomic E-state index is 0.239. The molecular formula is C76H51BrF2N8. The summed E-state index contributed by atoms with van der Waals surface area (Å²) in [6.07, 6.45) is 7.10. The Labute approximate surface area is 509 Å². The fourth-order valence-electron chi connectivity index (χ4n) is 11.7. The van der Waals surface area contributed by atoms with Crippen molar-refractivity contribution in [1.82, 2.24) is 19.9 Å². The van der Waals surface area contributed by atoms with Crippen LogP contribution in [0.3, 0.4) is 0 Å². The predicted octanol–water partition coefficient (Wildman–Crippen LogP) is 21.6. The Morgan fingerprint density at radius 3 is 1.08 bits per heavy atom. The van der Waals surface area contributed by atoms with E-state index in [1.54, 1.807) is 49.1 Å². The van der Waals surface area contributed by atoms with Gasteiger partial charge in [-0.3, -0.25) is 9.80 Å². The number of anilines is 11. The summed E-state index contributed by atoms with van der Waals surface area (Å²) in [4.78, 5) is 24.6. The average Bonchev–Trinajstić information content (AvgIpc) is 1.11. The number of nitrogens with zero attached hydrogens (tertiary/aromatic N) is 7. The molecule has 0 aliphatic heterocycles. The zero-order chi connectivity index (χ0) is 58.6. The summed E-state index contributed by atoms with van der Waals surface area (Å²) in [5.41, 5.74) is 7.74. The van der Waals surface area contributed by atoms with E-state index in [0.717, 1.165) is 76.6 Å². The van der Waals surface area contributed by atoms with Crippen LogP contribution < -0.4 is 20.0 Å². The smallest absolute Gasteiger partial charge is 0.234 e. The maximum atomic E-state index is 15.4. The van der Waals surface area contributed by atoms with Crippen molar-refractivity contribution in [1.29, 1.82) is 0 Å². The molecule has 0 atom stereocenters. The van der Waals surface area contributed by atoms with Crippen molar-refractivity contribution in [2.24, 2.45) is 0 Å². The highest BCUT2D eigenvalue weighted by Gasteiger charge is 2.24. The van der Waals surface area contributed by atoms with E-state index in [-0.39, 0.29) is 11.6 Å². The van der Waals surface area contributed by atoms with Gasteiger partial charge in [-0.1, -0.05) is 186 Å². The number of benzene rings is 14. The van der Waals surface area contributed by atoms with E-state index in [1.807, 2.05) is 126 Å². The van der Waals surface area contributed by atoms with Crippen LogP contribution in [0.15, 0.2) is 308 Å². The second-order valence-corrected chi connectivity index (χ2v) is 21.5. The highest BCUT2D eigenvalue weighted by Crippen LogP contribution is 2.48. The van der Waals surface area contributed by atoms with E-state index in [2.05, 4.69) is 172 Å². The summed E-state index contributed by atoms with van der Waals surface area (Å²) < 4.78 is 29.7. The molecule has 87 heavy (non-hydrogen) atoms. The Morgan fingerprint density at radius 1 is 0.287 bits per heavy atom. The quantitative estimate of drug-likeness (QED) is 0.128. The lowest BCUT2D eigenvalue weighted by atomic mass is 9.92. The predicted molar refractivity (Wildman–Crippen MR) is 359 cm³/mol. The van der Waals surface area contributed by atoms with Gasteiger partial charge in [0.25, 0.3) is 0 Å². The van der Waals surface area contributed by atoms with Gasteiger partial charge >= 0.3 is 0 Å². The van der Waals surface area contributed by atoms with Gasteiger partial charge < -0.3 is 10.2 Å². The monoisotopic (exact) mass is 1190 g/mol. The second-order valence-electron chi connectivity index (χ2n) is 20.7. The highest BCUT2D eigenvalue weighted by atomic mass is 79.9. The van der Waals surface area contributed by atoms with Gasteiger partial charge in [0.1, 0.15) is 11.6 Å². The van der Waals surface area contributed by atoms with Crippen molar-refractivity contribution < 1.29 is 8.78 Å². The lowest BCUT2D eigenvalue weighted by Gasteiger charge is -2.28. The summed E-state index contributed by atoms with van der Waals surface area (Å²) in [5.74, 6) is 0.733. The first-order valence-electron chi connectivity index (χ1n) is 28.4. The number of hydrogen-bond acceptors (Lipinski definition) is 8. The third-order valence-electron chi connectivity index (χ3n) is 15.5. The van der Waals surface area contributed by atoms with Crippen LogP contribution in [0.5, 0.6) is 0 Å². The molecule has 14 aromatic carbocycles. The van der Waals surface area contributed by atoms with Crippen LogP contribution in [-0.2, 0) is 0 Å². The Morgan fingerprint density at radius 2 is 0.632 bits per heavy atom. The van der Waals surface area contributed by atoms with Crippen LogP contribution in [-0.4, -0.2) is 19.9 Å². The molecule has 0 fully saturated rings. The lowest BCUT2D eigenvalue weighted by molar-refractivity contribution is 0.629. The Hall–Kier alpha value is -11.1. The molecule has 0 saturated carbocycles. The molecule has 0 bridgehead atoms. The maximum Gasteiger partial charge on any atom is 0.234 e. The fraction of sp³-hybridized carbons (Fsp3) is 0. The molecule has 16 aromatic rings. The molecule has 0 aliphatic rings. The third-order valence-corrected chi connectivity index (χ3v) is 16.2. The van der Waals surface area contributed by atoms with E-state index in [0.29, 0.717) is 23.3 Å². The molecule has 1 N–H and O–H groups in total. The van der Waals surface area contributed by atoms with Gasteiger partial charge in [-0.2, -0.15) is 0 Å². The van der Waals surface area contributed by atoms with Gasteiger partial charge in [0.05, 0.1) is 28.4 Å². The number of halogens is 3. The van der Waals surface area contributed by atoms with E-state index >= 15 is 4.39 Å². The molecule has 0 aliphatic carbocycles. The van der Waals surface area contributed by atoms with Crippen molar-refractivity contribution in [3.63, 3.8) is 0 Å². The summed E-state index contributed by atoms with van der Waals surface area (Å²) in [7, 11) is 0. The van der Waals surface area contributed by atoms with Gasteiger partial charge in [-0.05, 0) is 158 Å².